The minimum absolute atomic E-state index is 0.0279. The van der Waals surface area contributed by atoms with Gasteiger partial charge in [0.05, 0.1) is 11.0 Å². The lowest BCUT2D eigenvalue weighted by molar-refractivity contribution is -0.126. The summed E-state index contributed by atoms with van der Waals surface area (Å²) in [5.74, 6) is -0.0852. The van der Waals surface area contributed by atoms with E-state index in [9.17, 15) is 13.2 Å². The molecule has 3 aliphatic rings. The topological polar surface area (TPSA) is 75.7 Å². The van der Waals surface area contributed by atoms with Gasteiger partial charge in [-0.1, -0.05) is 6.07 Å². The second-order valence-corrected chi connectivity index (χ2v) is 9.78. The quantitative estimate of drug-likeness (QED) is 0.830. The lowest BCUT2D eigenvalue weighted by Gasteiger charge is -2.30. The molecule has 0 unspecified atom stereocenters. The molecule has 4 rings (SSSR count). The molecule has 0 spiro atoms. The maximum absolute atomic E-state index is 13.0. The summed E-state index contributed by atoms with van der Waals surface area (Å²) in [7, 11) is -3.48. The van der Waals surface area contributed by atoms with E-state index in [2.05, 4.69) is 5.32 Å². The molecule has 0 saturated carbocycles. The molecular weight excluding hydrogens is 364 g/mol. The molecule has 6 nitrogen and oxygen atoms in total. The molecule has 7 heteroatoms. The molecule has 2 heterocycles. The number of carbonyl (C=O) groups is 1. The van der Waals surface area contributed by atoms with Gasteiger partial charge in [-0.25, -0.2) is 8.42 Å². The van der Waals surface area contributed by atoms with Crippen molar-refractivity contribution in [3.8, 4) is 0 Å². The average molecular weight is 393 g/mol. The third kappa shape index (κ3) is 4.05. The van der Waals surface area contributed by atoms with Crippen molar-refractivity contribution in [3.63, 3.8) is 0 Å². The Bertz CT molecular complexity index is 794. The molecule has 27 heavy (non-hydrogen) atoms. The summed E-state index contributed by atoms with van der Waals surface area (Å²) in [6.45, 7) is 2.14. The number of hydrogen-bond donors (Lipinski definition) is 1. The predicted octanol–water partition coefficient (Wildman–Crippen LogP) is 1.87. The van der Waals surface area contributed by atoms with E-state index in [0.29, 0.717) is 37.4 Å². The van der Waals surface area contributed by atoms with Crippen LogP contribution < -0.4 is 5.32 Å². The molecule has 0 radical (unpaired) electrons. The largest absolute Gasteiger partial charge is 0.376 e. The van der Waals surface area contributed by atoms with Crippen LogP contribution in [0.3, 0.4) is 0 Å². The van der Waals surface area contributed by atoms with E-state index in [0.717, 1.165) is 38.7 Å². The van der Waals surface area contributed by atoms with Gasteiger partial charge in [0.1, 0.15) is 0 Å². The Morgan fingerprint density at radius 1 is 1.11 bits per heavy atom. The molecule has 2 fully saturated rings. The maximum Gasteiger partial charge on any atom is 0.243 e. The molecule has 1 N–H and O–H groups in total. The SMILES string of the molecule is O=C(NC[C@H]1CCCO1)C1CCN(S(=O)(=O)c2ccc3c(c2)CCC3)CC1. The summed E-state index contributed by atoms with van der Waals surface area (Å²) in [4.78, 5) is 12.8. The van der Waals surface area contributed by atoms with Crippen molar-refractivity contribution in [1.82, 2.24) is 9.62 Å². The lowest BCUT2D eigenvalue weighted by Crippen LogP contribution is -2.44. The smallest absolute Gasteiger partial charge is 0.243 e. The number of carbonyl (C=O) groups excluding carboxylic acids is 1. The Hall–Kier alpha value is -1.44. The van der Waals surface area contributed by atoms with Crippen LogP contribution in [0, 0.1) is 5.92 Å². The first-order chi connectivity index (χ1) is 13.0. The second-order valence-electron chi connectivity index (χ2n) is 7.84. The highest BCUT2D eigenvalue weighted by Crippen LogP contribution is 2.28. The predicted molar refractivity (Wildman–Crippen MR) is 102 cm³/mol. The van der Waals surface area contributed by atoms with E-state index in [-0.39, 0.29) is 17.9 Å². The summed E-state index contributed by atoms with van der Waals surface area (Å²) >= 11 is 0. The highest BCUT2D eigenvalue weighted by Gasteiger charge is 2.32. The lowest BCUT2D eigenvalue weighted by atomic mass is 9.97. The summed E-state index contributed by atoms with van der Waals surface area (Å²) in [5, 5.41) is 2.98. The Kier molecular flexibility index (Phi) is 5.53. The number of hydrogen-bond acceptors (Lipinski definition) is 4. The van der Waals surface area contributed by atoms with Gasteiger partial charge in [-0.3, -0.25) is 4.79 Å². The van der Waals surface area contributed by atoms with Crippen molar-refractivity contribution in [2.45, 2.75) is 55.9 Å². The fourth-order valence-electron chi connectivity index (χ4n) is 4.38. The van der Waals surface area contributed by atoms with Gasteiger partial charge >= 0.3 is 0 Å². The van der Waals surface area contributed by atoms with Crippen LogP contribution in [-0.2, 0) is 32.4 Å². The zero-order valence-corrected chi connectivity index (χ0v) is 16.5. The third-order valence-electron chi connectivity index (χ3n) is 6.06. The number of rotatable bonds is 5. The van der Waals surface area contributed by atoms with Gasteiger partial charge in [0.25, 0.3) is 0 Å². The van der Waals surface area contributed by atoms with Crippen LogP contribution >= 0.6 is 0 Å². The molecule has 1 aliphatic carbocycles. The Morgan fingerprint density at radius 3 is 2.63 bits per heavy atom. The number of aryl methyl sites for hydroxylation is 2. The van der Waals surface area contributed by atoms with Gasteiger partial charge in [-0.15, -0.1) is 0 Å². The number of nitrogens with zero attached hydrogens (tertiary/aromatic N) is 1. The van der Waals surface area contributed by atoms with Crippen molar-refractivity contribution < 1.29 is 17.9 Å². The molecule has 148 valence electrons. The minimum atomic E-state index is -3.48. The van der Waals surface area contributed by atoms with Gasteiger partial charge in [0.2, 0.25) is 15.9 Å². The molecule has 0 aromatic heterocycles. The summed E-state index contributed by atoms with van der Waals surface area (Å²) in [6, 6.07) is 5.54. The van der Waals surface area contributed by atoms with E-state index < -0.39 is 10.0 Å². The van der Waals surface area contributed by atoms with Gasteiger partial charge in [0, 0.05) is 32.2 Å². The molecule has 1 amide bonds. The summed E-state index contributed by atoms with van der Waals surface area (Å²) in [5.41, 5.74) is 2.44. The molecule has 1 aromatic rings. The summed E-state index contributed by atoms with van der Waals surface area (Å²) < 4.78 is 33.0. The number of amides is 1. The van der Waals surface area contributed by atoms with E-state index in [1.54, 1.807) is 6.07 Å². The number of piperidine rings is 1. The van der Waals surface area contributed by atoms with Crippen molar-refractivity contribution in [2.75, 3.05) is 26.2 Å². The molecule has 2 saturated heterocycles. The first-order valence-electron chi connectivity index (χ1n) is 10.1. The van der Waals surface area contributed by atoms with Crippen LogP contribution in [0.4, 0.5) is 0 Å². The van der Waals surface area contributed by atoms with Gasteiger partial charge in [-0.2, -0.15) is 4.31 Å². The highest BCUT2D eigenvalue weighted by molar-refractivity contribution is 7.89. The van der Waals surface area contributed by atoms with Crippen LogP contribution in [0.1, 0.15) is 43.2 Å². The average Bonchev–Trinajstić information content (AvgIpc) is 3.37. The Morgan fingerprint density at radius 2 is 1.89 bits per heavy atom. The monoisotopic (exact) mass is 392 g/mol. The number of benzene rings is 1. The first kappa shape index (κ1) is 18.9. The fraction of sp³-hybridized carbons (Fsp3) is 0.650. The number of sulfonamides is 1. The van der Waals surface area contributed by atoms with Gasteiger partial charge < -0.3 is 10.1 Å². The zero-order valence-electron chi connectivity index (χ0n) is 15.7. The van der Waals surface area contributed by atoms with E-state index in [1.165, 1.54) is 15.4 Å². The fourth-order valence-corrected chi connectivity index (χ4v) is 5.90. The van der Waals surface area contributed by atoms with Crippen molar-refractivity contribution >= 4 is 15.9 Å². The van der Waals surface area contributed by atoms with E-state index in [4.69, 9.17) is 4.74 Å². The van der Waals surface area contributed by atoms with Gasteiger partial charge in [-0.05, 0) is 68.2 Å². The van der Waals surface area contributed by atoms with E-state index in [1.807, 2.05) is 12.1 Å². The van der Waals surface area contributed by atoms with Crippen LogP contribution in [-0.4, -0.2) is 51.0 Å². The molecule has 1 aromatic carbocycles. The second kappa shape index (κ2) is 7.89. The first-order valence-corrected chi connectivity index (χ1v) is 11.5. The van der Waals surface area contributed by atoms with Crippen LogP contribution in [0.2, 0.25) is 0 Å². The highest BCUT2D eigenvalue weighted by atomic mass is 32.2. The zero-order chi connectivity index (χ0) is 18.9. The Balaban J connectivity index is 1.33. The van der Waals surface area contributed by atoms with Gasteiger partial charge in [0.15, 0.2) is 0 Å². The summed E-state index contributed by atoms with van der Waals surface area (Å²) in [6.07, 6.45) is 6.44. The van der Waals surface area contributed by atoms with Crippen molar-refractivity contribution in [1.29, 1.82) is 0 Å². The van der Waals surface area contributed by atoms with Crippen molar-refractivity contribution in [3.05, 3.63) is 29.3 Å². The van der Waals surface area contributed by atoms with Crippen LogP contribution in [0.15, 0.2) is 23.1 Å². The van der Waals surface area contributed by atoms with E-state index >= 15 is 0 Å². The number of fused-ring (bicyclic) bond motifs is 1. The molecular formula is C20H28N2O4S. The molecule has 2 aliphatic heterocycles. The molecule has 1 atom stereocenters. The van der Waals surface area contributed by atoms with Crippen molar-refractivity contribution in [2.24, 2.45) is 5.92 Å². The Labute approximate surface area is 161 Å². The standard InChI is InChI=1S/C20H28N2O4S/c23-20(21-14-18-5-2-12-26-18)16-8-10-22(11-9-16)27(24,25)19-7-6-15-3-1-4-17(15)13-19/h6-7,13,16,18H,1-5,8-12,14H2,(H,21,23)/t18-/m1/s1. The van der Waals surface area contributed by atoms with Crippen LogP contribution in [0.25, 0.3) is 0 Å². The maximum atomic E-state index is 13.0. The number of nitrogens with one attached hydrogen (secondary N) is 1. The minimum Gasteiger partial charge on any atom is -0.376 e. The normalized spacial score (nSPS) is 24.1. The van der Waals surface area contributed by atoms with Crippen LogP contribution in [0.5, 0.6) is 0 Å². The molecule has 0 bridgehead atoms. The third-order valence-corrected chi connectivity index (χ3v) is 7.96. The number of ether oxygens (including phenoxy) is 1.